The van der Waals surface area contributed by atoms with Crippen LogP contribution in [0.5, 0.6) is 0 Å². The molecule has 1 unspecified atom stereocenters. The predicted octanol–water partition coefficient (Wildman–Crippen LogP) is 1.23. The van der Waals surface area contributed by atoms with Gasteiger partial charge in [-0.05, 0) is 33.6 Å². The van der Waals surface area contributed by atoms with Crippen molar-refractivity contribution < 1.29 is 9.59 Å². The lowest BCUT2D eigenvalue weighted by atomic mass is 10.1. The van der Waals surface area contributed by atoms with Crippen molar-refractivity contribution in [1.29, 1.82) is 0 Å². The maximum absolute atomic E-state index is 12.9. The minimum Gasteiger partial charge on any atom is -0.359 e. The van der Waals surface area contributed by atoms with Gasteiger partial charge < -0.3 is 10.1 Å². The van der Waals surface area contributed by atoms with E-state index in [0.29, 0.717) is 22.7 Å². The van der Waals surface area contributed by atoms with E-state index < -0.39 is 6.04 Å². The number of carbonyl (C=O) groups is 2. The van der Waals surface area contributed by atoms with E-state index >= 15 is 0 Å². The van der Waals surface area contributed by atoms with Gasteiger partial charge in [0.05, 0.1) is 16.6 Å². The van der Waals surface area contributed by atoms with E-state index in [9.17, 15) is 14.4 Å². The van der Waals surface area contributed by atoms with E-state index in [1.54, 1.807) is 14.0 Å². The van der Waals surface area contributed by atoms with Crippen LogP contribution in [0.3, 0.4) is 0 Å². The molecule has 0 radical (unpaired) electrons. The molecular formula is C19H31N3O3. The monoisotopic (exact) mass is 349 g/mol. The number of nitrogens with one attached hydrogen (secondary N) is 1. The van der Waals surface area contributed by atoms with Crippen LogP contribution in [0.15, 0.2) is 4.79 Å². The Balaban J connectivity index is 0.00000277. The van der Waals surface area contributed by atoms with Crippen molar-refractivity contribution in [2.24, 2.45) is 0 Å². The Morgan fingerprint density at radius 3 is 2.36 bits per heavy atom. The lowest BCUT2D eigenvalue weighted by Gasteiger charge is -2.16. The average molecular weight is 349 g/mol. The fourth-order valence-corrected chi connectivity index (χ4v) is 2.52. The third kappa shape index (κ3) is 5.96. The topological polar surface area (TPSA) is 81.1 Å². The average Bonchev–Trinajstić information content (AvgIpc) is 2.58. The highest BCUT2D eigenvalue weighted by Crippen LogP contribution is 2.09. The molecule has 6 nitrogen and oxygen atoms in total. The van der Waals surface area contributed by atoms with Gasteiger partial charge in [-0.15, -0.1) is 0 Å². The second-order valence-corrected chi connectivity index (χ2v) is 5.62. The molecule has 0 saturated heterocycles. The summed E-state index contributed by atoms with van der Waals surface area (Å²) in [6.07, 6.45) is 3.83. The number of aromatic nitrogens is 2. The summed E-state index contributed by atoms with van der Waals surface area (Å²) < 4.78 is 1.39. The first-order chi connectivity index (χ1) is 11.9. The van der Waals surface area contributed by atoms with Crippen molar-refractivity contribution in [3.63, 3.8) is 0 Å². The van der Waals surface area contributed by atoms with Gasteiger partial charge in [-0.2, -0.15) is 0 Å². The van der Waals surface area contributed by atoms with Crippen molar-refractivity contribution in [2.45, 2.75) is 66.8 Å². The molecule has 140 valence electrons. The Kier molecular flexibility index (Phi) is 10.3. The van der Waals surface area contributed by atoms with E-state index in [2.05, 4.69) is 10.3 Å². The van der Waals surface area contributed by atoms with Crippen LogP contribution < -0.4 is 21.4 Å². The molecule has 0 bridgehead atoms. The van der Waals surface area contributed by atoms with Crippen LogP contribution in [0.4, 0.5) is 0 Å². The molecular weight excluding hydrogens is 318 g/mol. The molecule has 6 heteroatoms. The third-order valence-electron chi connectivity index (χ3n) is 3.65. The van der Waals surface area contributed by atoms with Crippen molar-refractivity contribution in [3.05, 3.63) is 26.7 Å². The van der Waals surface area contributed by atoms with E-state index in [1.165, 1.54) is 4.57 Å². The molecule has 1 aromatic heterocycles. The summed E-state index contributed by atoms with van der Waals surface area (Å²) in [6.45, 7) is 11.4. The largest absolute Gasteiger partial charge is 0.359 e. The van der Waals surface area contributed by atoms with Crippen LogP contribution in [0.25, 0.3) is 11.6 Å². The molecule has 1 aromatic rings. The summed E-state index contributed by atoms with van der Waals surface area (Å²) in [5, 5.41) is 3.70. The number of aryl methyl sites for hydroxylation is 1. The van der Waals surface area contributed by atoms with E-state index in [0.717, 1.165) is 12.0 Å². The highest BCUT2D eigenvalue weighted by Gasteiger charge is 2.17. The lowest BCUT2D eigenvalue weighted by molar-refractivity contribution is -0.121. The number of nitrogens with zero attached hydrogens (tertiary/aromatic N) is 2. The molecule has 0 aliphatic heterocycles. The summed E-state index contributed by atoms with van der Waals surface area (Å²) in [5.74, 6) is 0.318. The molecule has 0 saturated carbocycles. The normalized spacial score (nSPS) is 12.0. The number of carbonyl (C=O) groups excluding carboxylic acids is 2. The highest BCUT2D eigenvalue weighted by molar-refractivity contribution is 5.76. The summed E-state index contributed by atoms with van der Waals surface area (Å²) in [6, 6.07) is -0.693. The molecule has 25 heavy (non-hydrogen) atoms. The van der Waals surface area contributed by atoms with Crippen molar-refractivity contribution in [1.82, 2.24) is 14.9 Å². The Labute approximate surface area is 149 Å². The second-order valence-electron chi connectivity index (χ2n) is 5.62. The number of hydrogen-bond acceptors (Lipinski definition) is 4. The molecule has 1 atom stereocenters. The minimum absolute atomic E-state index is 0.162. The first kappa shape index (κ1) is 22.8. The predicted molar refractivity (Wildman–Crippen MR) is 102 cm³/mol. The zero-order valence-corrected chi connectivity index (χ0v) is 16.5. The lowest BCUT2D eigenvalue weighted by Crippen LogP contribution is -2.50. The second kappa shape index (κ2) is 11.3. The number of rotatable bonds is 6. The zero-order valence-electron chi connectivity index (χ0n) is 16.5. The number of aldehydes is 1. The first-order valence-electron chi connectivity index (χ1n) is 8.80. The Hall–Kier alpha value is -2.24. The third-order valence-corrected chi connectivity index (χ3v) is 3.65. The Morgan fingerprint density at radius 1 is 1.32 bits per heavy atom. The van der Waals surface area contributed by atoms with Gasteiger partial charge in [0.1, 0.15) is 12.1 Å². The molecule has 0 aromatic carbocycles. The smallest absolute Gasteiger partial charge is 0.261 e. The highest BCUT2D eigenvalue weighted by atomic mass is 16.2. The molecule has 0 aliphatic carbocycles. The molecule has 1 heterocycles. The van der Waals surface area contributed by atoms with Crippen LogP contribution in [-0.4, -0.2) is 28.8 Å². The van der Waals surface area contributed by atoms with Gasteiger partial charge in [-0.25, -0.2) is 4.98 Å². The van der Waals surface area contributed by atoms with Crippen molar-refractivity contribution in [2.75, 3.05) is 7.05 Å². The zero-order chi connectivity index (χ0) is 19.6. The van der Waals surface area contributed by atoms with Crippen LogP contribution in [0, 0.1) is 6.92 Å². The van der Waals surface area contributed by atoms with Gasteiger partial charge in [-0.1, -0.05) is 32.4 Å². The Morgan fingerprint density at radius 2 is 1.92 bits per heavy atom. The standard InChI is InChI=1S/C17H25N3O3.C2H6/c1-6-7-14-16(11(2)3)17(23)20(12(4)19-14)13(10-21)8-9-15(22)18-5;1-2/h7,10,13H,6,8-9H2,1-5H3,(H,18,22);1-2H3/b14-7+;. The van der Waals surface area contributed by atoms with Gasteiger partial charge >= 0.3 is 0 Å². The fourth-order valence-electron chi connectivity index (χ4n) is 2.52. The van der Waals surface area contributed by atoms with Crippen LogP contribution in [-0.2, 0) is 9.59 Å². The van der Waals surface area contributed by atoms with Crippen LogP contribution >= 0.6 is 0 Å². The quantitative estimate of drug-likeness (QED) is 0.783. The molecule has 0 fully saturated rings. The van der Waals surface area contributed by atoms with Gasteiger partial charge in [0, 0.05) is 13.5 Å². The molecule has 1 amide bonds. The van der Waals surface area contributed by atoms with Crippen LogP contribution in [0.2, 0.25) is 0 Å². The van der Waals surface area contributed by atoms with Crippen molar-refractivity contribution in [3.8, 4) is 0 Å². The maximum Gasteiger partial charge on any atom is 0.261 e. The molecule has 0 spiro atoms. The molecule has 0 aliphatic rings. The van der Waals surface area contributed by atoms with Gasteiger partial charge in [0.2, 0.25) is 5.91 Å². The molecule has 1 rings (SSSR count). The summed E-state index contributed by atoms with van der Waals surface area (Å²) in [4.78, 5) is 40.2. The van der Waals surface area contributed by atoms with Gasteiger partial charge in [0.15, 0.2) is 0 Å². The summed E-state index contributed by atoms with van der Waals surface area (Å²) in [5.41, 5.74) is 0.623. The maximum atomic E-state index is 12.9. The van der Waals surface area contributed by atoms with E-state index in [4.69, 9.17) is 0 Å². The first-order valence-corrected chi connectivity index (χ1v) is 8.80. The summed E-state index contributed by atoms with van der Waals surface area (Å²) in [7, 11) is 1.54. The minimum atomic E-state index is -0.693. The van der Waals surface area contributed by atoms with E-state index in [1.807, 2.05) is 40.7 Å². The number of amides is 1. The number of hydrogen-bond donors (Lipinski definition) is 1. The SMILES string of the molecule is CC.CC/C=c1/nc(C)n(C(C=O)CCC(=O)NC)c(=O)c1=C(C)C. The fraction of sp³-hybridized carbons (Fsp3) is 0.579. The Bertz CT molecular complexity index is 759. The van der Waals surface area contributed by atoms with Crippen molar-refractivity contribution >= 4 is 23.8 Å². The van der Waals surface area contributed by atoms with Crippen LogP contribution in [0.1, 0.15) is 65.7 Å². The summed E-state index contributed by atoms with van der Waals surface area (Å²) >= 11 is 0. The van der Waals surface area contributed by atoms with E-state index in [-0.39, 0.29) is 24.3 Å². The van der Waals surface area contributed by atoms with Gasteiger partial charge in [0.25, 0.3) is 5.56 Å². The van der Waals surface area contributed by atoms with Gasteiger partial charge in [-0.3, -0.25) is 14.2 Å². The molecule has 1 N–H and O–H groups in total.